The highest BCUT2D eigenvalue weighted by Gasteiger charge is 2.47. The fourth-order valence-electron chi connectivity index (χ4n) is 6.71. The lowest BCUT2D eigenvalue weighted by Gasteiger charge is -2.44. The molecule has 0 bridgehead atoms. The maximum absolute atomic E-state index is 14.3. The van der Waals surface area contributed by atoms with Crippen molar-refractivity contribution in [1.82, 2.24) is 14.7 Å². The molecule has 0 saturated carbocycles. The molecule has 0 atom stereocenters. The molecule has 220 valence electrons. The zero-order chi connectivity index (χ0) is 29.8. The first-order valence-corrected chi connectivity index (χ1v) is 14.9. The molecular weight excluding hydrogens is 544 g/mol. The van der Waals surface area contributed by atoms with E-state index in [4.69, 9.17) is 0 Å². The topological polar surface area (TPSA) is 43.9 Å². The summed E-state index contributed by atoms with van der Waals surface area (Å²) >= 11 is 0. The normalized spacial score (nSPS) is 17.3. The van der Waals surface area contributed by atoms with E-state index in [0.717, 1.165) is 0 Å². The molecule has 2 amide bonds. The molecule has 2 aliphatic rings. The summed E-state index contributed by atoms with van der Waals surface area (Å²) < 4.78 is 27.7. The van der Waals surface area contributed by atoms with Crippen LogP contribution in [0.15, 0.2) is 109 Å². The van der Waals surface area contributed by atoms with Gasteiger partial charge in [0.2, 0.25) is 11.8 Å². The Bertz CT molecular complexity index is 1450. The molecule has 0 aromatic heterocycles. The van der Waals surface area contributed by atoms with E-state index in [0.29, 0.717) is 56.7 Å². The SMILES string of the molecule is O=C(CN1CCCC(c2ccc(F)cc2)(c2ccc(F)cc2)C1=O)N1CCN(C(c2ccccc2)c2ccccc2)CC1. The van der Waals surface area contributed by atoms with Gasteiger partial charge in [-0.1, -0.05) is 84.9 Å². The minimum atomic E-state index is -1.11. The molecule has 0 unspecified atom stereocenters. The lowest BCUT2D eigenvalue weighted by atomic mass is 9.68. The van der Waals surface area contributed by atoms with Crippen LogP contribution in [0, 0.1) is 11.6 Å². The highest BCUT2D eigenvalue weighted by Crippen LogP contribution is 2.41. The fourth-order valence-corrected chi connectivity index (χ4v) is 6.71. The summed E-state index contributed by atoms with van der Waals surface area (Å²) in [5.74, 6) is -1.08. The Morgan fingerprint density at radius 1 is 0.674 bits per heavy atom. The van der Waals surface area contributed by atoms with Crippen LogP contribution in [0.1, 0.15) is 41.1 Å². The van der Waals surface area contributed by atoms with Crippen molar-refractivity contribution in [2.45, 2.75) is 24.3 Å². The zero-order valence-corrected chi connectivity index (χ0v) is 24.0. The molecule has 0 radical (unpaired) electrons. The average Bonchev–Trinajstić information content (AvgIpc) is 3.04. The molecule has 4 aromatic carbocycles. The fraction of sp³-hybridized carbons (Fsp3) is 0.278. The number of hydrogen-bond donors (Lipinski definition) is 0. The minimum Gasteiger partial charge on any atom is -0.339 e. The van der Waals surface area contributed by atoms with Crippen molar-refractivity contribution in [3.05, 3.63) is 143 Å². The first kappa shape index (κ1) is 28.7. The quantitative estimate of drug-likeness (QED) is 0.278. The van der Waals surface area contributed by atoms with E-state index >= 15 is 0 Å². The Morgan fingerprint density at radius 3 is 1.65 bits per heavy atom. The van der Waals surface area contributed by atoms with Gasteiger partial charge in [-0.2, -0.15) is 0 Å². The summed E-state index contributed by atoms with van der Waals surface area (Å²) in [6, 6.07) is 32.8. The number of benzene rings is 4. The molecule has 0 spiro atoms. The molecule has 5 nitrogen and oxygen atoms in total. The Morgan fingerprint density at radius 2 is 1.16 bits per heavy atom. The van der Waals surface area contributed by atoms with E-state index < -0.39 is 17.0 Å². The van der Waals surface area contributed by atoms with Crippen LogP contribution in [-0.4, -0.2) is 65.8 Å². The highest BCUT2D eigenvalue weighted by molar-refractivity contribution is 5.95. The van der Waals surface area contributed by atoms with E-state index in [9.17, 15) is 18.4 Å². The van der Waals surface area contributed by atoms with Crippen LogP contribution >= 0.6 is 0 Å². The van der Waals surface area contributed by atoms with Gasteiger partial charge in [0.15, 0.2) is 0 Å². The molecule has 4 aromatic rings. The summed E-state index contributed by atoms with van der Waals surface area (Å²) in [4.78, 5) is 33.8. The van der Waals surface area contributed by atoms with Crippen molar-refractivity contribution in [3.8, 4) is 0 Å². The van der Waals surface area contributed by atoms with E-state index in [2.05, 4.69) is 53.4 Å². The van der Waals surface area contributed by atoms with Gasteiger partial charge in [0.05, 0.1) is 18.0 Å². The van der Waals surface area contributed by atoms with Crippen LogP contribution in [0.4, 0.5) is 8.78 Å². The van der Waals surface area contributed by atoms with Crippen LogP contribution < -0.4 is 0 Å². The predicted octanol–water partition coefficient (Wildman–Crippen LogP) is 5.81. The Hall–Kier alpha value is -4.36. The van der Waals surface area contributed by atoms with Crippen LogP contribution in [0.25, 0.3) is 0 Å². The number of nitrogens with zero attached hydrogens (tertiary/aromatic N) is 3. The first-order valence-electron chi connectivity index (χ1n) is 14.9. The number of piperidine rings is 1. The number of piperazine rings is 1. The Labute approximate surface area is 251 Å². The van der Waals surface area contributed by atoms with Crippen LogP contribution in [0.5, 0.6) is 0 Å². The molecule has 0 N–H and O–H groups in total. The number of rotatable bonds is 7. The van der Waals surface area contributed by atoms with Crippen molar-refractivity contribution >= 4 is 11.8 Å². The molecule has 0 aliphatic carbocycles. The molecular formula is C36H35F2N3O2. The second kappa shape index (κ2) is 12.5. The van der Waals surface area contributed by atoms with Crippen LogP contribution in [-0.2, 0) is 15.0 Å². The minimum absolute atomic E-state index is 0.0240. The number of amides is 2. The van der Waals surface area contributed by atoms with Gasteiger partial charge in [-0.05, 0) is 59.4 Å². The number of hydrogen-bond acceptors (Lipinski definition) is 3. The third-order valence-electron chi connectivity index (χ3n) is 8.90. The average molecular weight is 580 g/mol. The third-order valence-corrected chi connectivity index (χ3v) is 8.90. The van der Waals surface area contributed by atoms with Crippen molar-refractivity contribution in [3.63, 3.8) is 0 Å². The summed E-state index contributed by atoms with van der Waals surface area (Å²) in [6.07, 6.45) is 1.16. The van der Waals surface area contributed by atoms with Gasteiger partial charge in [-0.25, -0.2) is 8.78 Å². The monoisotopic (exact) mass is 579 g/mol. The second-order valence-corrected chi connectivity index (χ2v) is 11.4. The van der Waals surface area contributed by atoms with Crippen LogP contribution in [0.3, 0.4) is 0 Å². The van der Waals surface area contributed by atoms with Gasteiger partial charge in [0, 0.05) is 32.7 Å². The van der Waals surface area contributed by atoms with Gasteiger partial charge in [-0.15, -0.1) is 0 Å². The largest absolute Gasteiger partial charge is 0.339 e. The smallest absolute Gasteiger partial charge is 0.242 e. The summed E-state index contributed by atoms with van der Waals surface area (Å²) in [6.45, 7) is 2.99. The van der Waals surface area contributed by atoms with E-state index in [1.54, 1.807) is 29.2 Å². The van der Waals surface area contributed by atoms with Gasteiger partial charge >= 0.3 is 0 Å². The maximum Gasteiger partial charge on any atom is 0.242 e. The predicted molar refractivity (Wildman–Crippen MR) is 162 cm³/mol. The molecule has 2 aliphatic heterocycles. The summed E-state index contributed by atoms with van der Waals surface area (Å²) in [7, 11) is 0. The van der Waals surface area contributed by atoms with E-state index in [1.807, 2.05) is 17.0 Å². The second-order valence-electron chi connectivity index (χ2n) is 11.4. The molecule has 2 saturated heterocycles. The zero-order valence-electron chi connectivity index (χ0n) is 24.0. The number of carbonyl (C=O) groups excluding carboxylic acids is 2. The van der Waals surface area contributed by atoms with Gasteiger partial charge in [-0.3, -0.25) is 14.5 Å². The van der Waals surface area contributed by atoms with Crippen LogP contribution in [0.2, 0.25) is 0 Å². The molecule has 7 heteroatoms. The van der Waals surface area contributed by atoms with Gasteiger partial charge < -0.3 is 9.80 Å². The van der Waals surface area contributed by atoms with Crippen molar-refractivity contribution in [2.24, 2.45) is 0 Å². The number of halogens is 2. The lowest BCUT2D eigenvalue weighted by molar-refractivity contribution is -0.146. The standard InChI is InChI=1S/C36H35F2N3O2/c37-31-16-12-29(13-17-31)36(30-14-18-32(38)19-15-30)20-7-21-41(35(36)43)26-33(42)39-22-24-40(25-23-39)34(27-8-3-1-4-9-27)28-10-5-2-6-11-28/h1-6,8-19,34H,7,20-26H2. The Kier molecular flexibility index (Phi) is 8.34. The van der Waals surface area contributed by atoms with Crippen molar-refractivity contribution in [2.75, 3.05) is 39.3 Å². The van der Waals surface area contributed by atoms with Gasteiger partial charge in [0.25, 0.3) is 0 Å². The molecule has 43 heavy (non-hydrogen) atoms. The van der Waals surface area contributed by atoms with Crippen molar-refractivity contribution in [1.29, 1.82) is 0 Å². The molecule has 2 heterocycles. The first-order chi connectivity index (χ1) is 21.0. The van der Waals surface area contributed by atoms with Crippen molar-refractivity contribution < 1.29 is 18.4 Å². The lowest BCUT2D eigenvalue weighted by Crippen LogP contribution is -2.56. The highest BCUT2D eigenvalue weighted by atomic mass is 19.1. The maximum atomic E-state index is 14.3. The number of likely N-dealkylation sites (tertiary alicyclic amines) is 1. The van der Waals surface area contributed by atoms with E-state index in [-0.39, 0.29) is 24.4 Å². The molecule has 2 fully saturated rings. The molecule has 6 rings (SSSR count). The number of carbonyl (C=O) groups is 2. The third kappa shape index (κ3) is 5.82. The van der Waals surface area contributed by atoms with E-state index in [1.165, 1.54) is 35.4 Å². The summed E-state index contributed by atoms with van der Waals surface area (Å²) in [5.41, 5.74) is 2.60. The summed E-state index contributed by atoms with van der Waals surface area (Å²) in [5, 5.41) is 0. The Balaban J connectivity index is 1.18. The van der Waals surface area contributed by atoms with Gasteiger partial charge in [0.1, 0.15) is 11.6 Å².